The van der Waals surface area contributed by atoms with E-state index in [9.17, 15) is 0 Å². The van der Waals surface area contributed by atoms with Crippen molar-refractivity contribution in [3.05, 3.63) is 65.7 Å². The van der Waals surface area contributed by atoms with E-state index in [0.717, 1.165) is 47.0 Å². The maximum absolute atomic E-state index is 5.66. The minimum absolute atomic E-state index is 0.383. The molecule has 6 heteroatoms. The minimum atomic E-state index is 0.383. The number of aromatic nitrogens is 3. The Kier molecular flexibility index (Phi) is 5.67. The van der Waals surface area contributed by atoms with Gasteiger partial charge in [-0.3, -0.25) is 0 Å². The summed E-state index contributed by atoms with van der Waals surface area (Å²) in [6, 6.07) is 18.2. The quantitative estimate of drug-likeness (QED) is 0.334. The van der Waals surface area contributed by atoms with E-state index in [1.165, 1.54) is 5.56 Å². The van der Waals surface area contributed by atoms with Crippen molar-refractivity contribution in [3.63, 3.8) is 0 Å². The monoisotopic (exact) mass is 437 g/mol. The van der Waals surface area contributed by atoms with E-state index in [4.69, 9.17) is 9.05 Å². The predicted octanol–water partition coefficient (Wildman–Crippen LogP) is 5.95. The van der Waals surface area contributed by atoms with Crippen molar-refractivity contribution in [2.24, 2.45) is 0 Å². The van der Waals surface area contributed by atoms with Gasteiger partial charge in [-0.2, -0.15) is 4.98 Å². The van der Waals surface area contributed by atoms with Gasteiger partial charge in [-0.25, -0.2) is 0 Å². The molecule has 0 unspecified atom stereocenters. The van der Waals surface area contributed by atoms with Crippen LogP contribution >= 0.6 is 15.9 Å². The first-order valence-electron chi connectivity index (χ1n) is 9.33. The van der Waals surface area contributed by atoms with E-state index in [1.807, 2.05) is 42.5 Å². The Morgan fingerprint density at radius 3 is 2.36 bits per heavy atom. The highest BCUT2D eigenvalue weighted by molar-refractivity contribution is 9.09. The fraction of sp³-hybridized carbons (Fsp3) is 0.227. The molecule has 4 aromatic rings. The van der Waals surface area contributed by atoms with E-state index in [0.29, 0.717) is 17.4 Å². The maximum atomic E-state index is 5.66. The molecule has 2 aromatic carbocycles. The van der Waals surface area contributed by atoms with Crippen molar-refractivity contribution < 1.29 is 9.05 Å². The molecule has 0 bridgehead atoms. The molecule has 4 rings (SSSR count). The second-order valence-corrected chi connectivity index (χ2v) is 7.31. The molecule has 28 heavy (non-hydrogen) atoms. The Morgan fingerprint density at radius 2 is 1.64 bits per heavy atom. The van der Waals surface area contributed by atoms with Crippen molar-refractivity contribution in [2.75, 3.05) is 5.33 Å². The van der Waals surface area contributed by atoms with Crippen LogP contribution in [-0.4, -0.2) is 20.6 Å². The number of hydrogen-bond acceptors (Lipinski definition) is 5. The van der Waals surface area contributed by atoms with Gasteiger partial charge in [0.25, 0.3) is 5.89 Å². The van der Waals surface area contributed by atoms with Gasteiger partial charge >= 0.3 is 0 Å². The molecular weight excluding hydrogens is 418 g/mol. The summed E-state index contributed by atoms with van der Waals surface area (Å²) in [5.41, 5.74) is 4.79. The number of nitrogens with zero attached hydrogens (tertiary/aromatic N) is 3. The lowest BCUT2D eigenvalue weighted by atomic mass is 10.0. The summed E-state index contributed by atoms with van der Waals surface area (Å²) in [5, 5.41) is 9.33. The Hall–Kier alpha value is -2.73. The SMILES string of the molecule is CCCc1c(-c2nc(-c3ccc(CCBr)cc3)no2)noc1-c1ccccc1. The first-order valence-corrected chi connectivity index (χ1v) is 10.5. The summed E-state index contributed by atoms with van der Waals surface area (Å²) in [4.78, 5) is 4.57. The molecule has 0 radical (unpaired) electrons. The zero-order chi connectivity index (χ0) is 19.3. The first kappa shape index (κ1) is 18.6. The smallest absolute Gasteiger partial charge is 0.280 e. The van der Waals surface area contributed by atoms with Crippen LogP contribution in [0.3, 0.4) is 0 Å². The van der Waals surface area contributed by atoms with Crippen LogP contribution in [0, 0.1) is 0 Å². The Labute approximate surface area is 171 Å². The average molecular weight is 438 g/mol. The Balaban J connectivity index is 1.67. The standard InChI is InChI=1S/C22H20BrN3O2/c1-2-6-18-19(25-27-20(18)16-7-4-3-5-8-16)22-24-21(26-28-22)17-11-9-15(10-12-17)13-14-23/h3-5,7-12H,2,6,13-14H2,1H3. The second kappa shape index (κ2) is 8.52. The van der Waals surface area contributed by atoms with Gasteiger partial charge in [0, 0.05) is 22.0 Å². The number of rotatable bonds is 7. The van der Waals surface area contributed by atoms with E-state index < -0.39 is 0 Å². The number of aryl methyl sites for hydroxylation is 1. The second-order valence-electron chi connectivity index (χ2n) is 6.51. The normalized spacial score (nSPS) is 11.1. The fourth-order valence-electron chi connectivity index (χ4n) is 3.14. The van der Waals surface area contributed by atoms with Gasteiger partial charge in [-0.15, -0.1) is 0 Å². The lowest BCUT2D eigenvalue weighted by molar-refractivity contribution is 0.411. The maximum Gasteiger partial charge on any atom is 0.280 e. The summed E-state index contributed by atoms with van der Waals surface area (Å²) >= 11 is 3.46. The van der Waals surface area contributed by atoms with Crippen molar-refractivity contribution in [1.82, 2.24) is 15.3 Å². The van der Waals surface area contributed by atoms with Crippen molar-refractivity contribution in [2.45, 2.75) is 26.2 Å². The molecule has 5 nitrogen and oxygen atoms in total. The molecule has 142 valence electrons. The number of halogens is 1. The fourth-order valence-corrected chi connectivity index (χ4v) is 3.60. The van der Waals surface area contributed by atoms with E-state index in [2.05, 4.69) is 50.3 Å². The third-order valence-electron chi connectivity index (χ3n) is 4.55. The van der Waals surface area contributed by atoms with Crippen LogP contribution in [0.2, 0.25) is 0 Å². The van der Waals surface area contributed by atoms with Gasteiger partial charge in [0.2, 0.25) is 5.82 Å². The topological polar surface area (TPSA) is 65.0 Å². The number of hydrogen-bond donors (Lipinski definition) is 0. The van der Waals surface area contributed by atoms with E-state index in [1.54, 1.807) is 0 Å². The summed E-state index contributed by atoms with van der Waals surface area (Å²) in [7, 11) is 0. The van der Waals surface area contributed by atoms with E-state index in [-0.39, 0.29) is 0 Å². The molecule has 0 spiro atoms. The summed E-state index contributed by atoms with van der Waals surface area (Å²) in [6.07, 6.45) is 2.77. The molecule has 0 N–H and O–H groups in total. The van der Waals surface area contributed by atoms with Gasteiger partial charge in [-0.1, -0.05) is 94.2 Å². The minimum Gasteiger partial charge on any atom is -0.355 e. The van der Waals surface area contributed by atoms with Gasteiger partial charge < -0.3 is 9.05 Å². The van der Waals surface area contributed by atoms with Gasteiger partial charge in [-0.05, 0) is 18.4 Å². The van der Waals surface area contributed by atoms with E-state index >= 15 is 0 Å². The summed E-state index contributed by atoms with van der Waals surface area (Å²) < 4.78 is 11.2. The van der Waals surface area contributed by atoms with Crippen LogP contribution in [0.25, 0.3) is 34.3 Å². The van der Waals surface area contributed by atoms with Crippen molar-refractivity contribution in [3.8, 4) is 34.3 Å². The molecule has 0 saturated carbocycles. The Bertz CT molecular complexity index is 1040. The summed E-state index contributed by atoms with van der Waals surface area (Å²) in [5.74, 6) is 1.69. The van der Waals surface area contributed by atoms with Gasteiger partial charge in [0.1, 0.15) is 0 Å². The highest BCUT2D eigenvalue weighted by Crippen LogP contribution is 2.33. The largest absolute Gasteiger partial charge is 0.355 e. The van der Waals surface area contributed by atoms with Gasteiger partial charge in [0.15, 0.2) is 11.5 Å². The van der Waals surface area contributed by atoms with Crippen LogP contribution in [0.1, 0.15) is 24.5 Å². The van der Waals surface area contributed by atoms with Crippen LogP contribution < -0.4 is 0 Å². The molecule has 0 aliphatic carbocycles. The van der Waals surface area contributed by atoms with Gasteiger partial charge in [0.05, 0.1) is 0 Å². The molecule has 0 saturated heterocycles. The Morgan fingerprint density at radius 1 is 0.857 bits per heavy atom. The van der Waals surface area contributed by atoms with Crippen LogP contribution in [0.15, 0.2) is 63.6 Å². The predicted molar refractivity (Wildman–Crippen MR) is 112 cm³/mol. The molecular formula is C22H20BrN3O2. The lowest BCUT2D eigenvalue weighted by Gasteiger charge is -2.00. The molecule has 0 aliphatic rings. The molecule has 2 aromatic heterocycles. The third kappa shape index (κ3) is 3.78. The van der Waals surface area contributed by atoms with Crippen molar-refractivity contribution in [1.29, 1.82) is 0 Å². The zero-order valence-electron chi connectivity index (χ0n) is 15.6. The third-order valence-corrected chi connectivity index (χ3v) is 4.94. The highest BCUT2D eigenvalue weighted by Gasteiger charge is 2.23. The van der Waals surface area contributed by atoms with Crippen LogP contribution in [-0.2, 0) is 12.8 Å². The average Bonchev–Trinajstić information content (AvgIpc) is 3.37. The number of alkyl halides is 1. The molecule has 0 aliphatic heterocycles. The van der Waals surface area contributed by atoms with Crippen LogP contribution in [0.4, 0.5) is 0 Å². The van der Waals surface area contributed by atoms with Crippen LogP contribution in [0.5, 0.6) is 0 Å². The number of benzene rings is 2. The molecule has 0 fully saturated rings. The highest BCUT2D eigenvalue weighted by atomic mass is 79.9. The zero-order valence-corrected chi connectivity index (χ0v) is 17.1. The molecule has 0 amide bonds. The van der Waals surface area contributed by atoms with Crippen molar-refractivity contribution >= 4 is 15.9 Å². The summed E-state index contributed by atoms with van der Waals surface area (Å²) in [6.45, 7) is 2.12. The first-order chi connectivity index (χ1) is 13.8. The lowest BCUT2D eigenvalue weighted by Crippen LogP contribution is -1.90. The molecule has 0 atom stereocenters. The molecule has 2 heterocycles.